The van der Waals surface area contributed by atoms with Gasteiger partial charge in [-0.05, 0) is 36.4 Å². The fraction of sp³-hybridized carbons (Fsp3) is 0.0667. The van der Waals surface area contributed by atoms with Crippen LogP contribution in [-0.2, 0) is 6.54 Å². The van der Waals surface area contributed by atoms with E-state index in [1.807, 2.05) is 6.07 Å². The van der Waals surface area contributed by atoms with E-state index in [4.69, 9.17) is 16.9 Å². The van der Waals surface area contributed by atoms with Crippen molar-refractivity contribution < 1.29 is 9.18 Å². The smallest absolute Gasteiger partial charge is 0.319 e. The first-order chi connectivity index (χ1) is 10.1. The molecule has 0 radical (unpaired) electrons. The first kappa shape index (κ1) is 14.8. The van der Waals surface area contributed by atoms with Gasteiger partial charge in [0.25, 0.3) is 0 Å². The quantitative estimate of drug-likeness (QED) is 0.908. The van der Waals surface area contributed by atoms with Gasteiger partial charge in [0.05, 0.1) is 11.6 Å². The van der Waals surface area contributed by atoms with Crippen LogP contribution < -0.4 is 10.6 Å². The lowest BCUT2D eigenvalue weighted by Gasteiger charge is -2.08. The van der Waals surface area contributed by atoms with E-state index < -0.39 is 11.8 Å². The molecule has 0 bridgehead atoms. The molecule has 2 N–H and O–H groups in total. The minimum atomic E-state index is -0.527. The zero-order valence-corrected chi connectivity index (χ0v) is 11.6. The molecule has 2 rings (SSSR count). The average molecular weight is 304 g/mol. The summed E-state index contributed by atoms with van der Waals surface area (Å²) in [5.74, 6) is -0.527. The number of nitrogens with one attached hydrogen (secondary N) is 2. The molecule has 21 heavy (non-hydrogen) atoms. The molecule has 0 fully saturated rings. The number of amides is 2. The van der Waals surface area contributed by atoms with Crippen LogP contribution in [0.2, 0.25) is 5.02 Å². The number of rotatable bonds is 3. The van der Waals surface area contributed by atoms with Gasteiger partial charge in [-0.2, -0.15) is 5.26 Å². The van der Waals surface area contributed by atoms with Crippen LogP contribution in [0.25, 0.3) is 0 Å². The number of carbonyl (C=O) groups excluding carboxylic acids is 1. The minimum Gasteiger partial charge on any atom is -0.334 e. The Balaban J connectivity index is 1.92. The maximum atomic E-state index is 13.6. The van der Waals surface area contributed by atoms with Gasteiger partial charge in [0.2, 0.25) is 0 Å². The van der Waals surface area contributed by atoms with Crippen LogP contribution in [0, 0.1) is 17.1 Å². The summed E-state index contributed by atoms with van der Waals surface area (Å²) < 4.78 is 13.6. The summed E-state index contributed by atoms with van der Waals surface area (Å²) >= 11 is 5.74. The molecule has 0 aliphatic rings. The van der Waals surface area contributed by atoms with E-state index in [1.54, 1.807) is 24.3 Å². The lowest BCUT2D eigenvalue weighted by Crippen LogP contribution is -2.28. The molecule has 106 valence electrons. The molecule has 2 aromatic carbocycles. The van der Waals surface area contributed by atoms with Crippen molar-refractivity contribution in [3.8, 4) is 6.07 Å². The van der Waals surface area contributed by atoms with Crippen molar-refractivity contribution in [2.45, 2.75) is 6.54 Å². The molecule has 0 unspecified atom stereocenters. The van der Waals surface area contributed by atoms with Gasteiger partial charge < -0.3 is 10.6 Å². The zero-order valence-electron chi connectivity index (χ0n) is 10.9. The summed E-state index contributed by atoms with van der Waals surface area (Å²) in [6.45, 7) is 0.0248. The fourth-order valence-corrected chi connectivity index (χ4v) is 1.77. The molecule has 0 atom stereocenters. The number of carbonyl (C=O) groups is 1. The lowest BCUT2D eigenvalue weighted by atomic mass is 10.1. The SMILES string of the molecule is N#Cc1ccc(CNC(=O)Nc2ccc(Cl)cc2)c(F)c1. The Morgan fingerprint density at radius 1 is 1.24 bits per heavy atom. The lowest BCUT2D eigenvalue weighted by molar-refractivity contribution is 0.251. The van der Waals surface area contributed by atoms with Crippen molar-refractivity contribution in [1.29, 1.82) is 5.26 Å². The minimum absolute atomic E-state index is 0.0248. The van der Waals surface area contributed by atoms with Gasteiger partial charge in [-0.1, -0.05) is 17.7 Å². The van der Waals surface area contributed by atoms with Gasteiger partial charge >= 0.3 is 6.03 Å². The largest absolute Gasteiger partial charge is 0.334 e. The number of nitriles is 1. The fourth-order valence-electron chi connectivity index (χ4n) is 1.64. The maximum absolute atomic E-state index is 13.6. The Hall–Kier alpha value is -2.58. The molecular weight excluding hydrogens is 293 g/mol. The van der Waals surface area contributed by atoms with Crippen LogP contribution in [0.3, 0.4) is 0 Å². The number of urea groups is 1. The van der Waals surface area contributed by atoms with Crippen molar-refractivity contribution in [1.82, 2.24) is 5.32 Å². The van der Waals surface area contributed by atoms with Crippen LogP contribution in [0.1, 0.15) is 11.1 Å². The maximum Gasteiger partial charge on any atom is 0.319 e. The van der Waals surface area contributed by atoms with Gasteiger partial charge in [0.1, 0.15) is 5.82 Å². The number of hydrogen-bond acceptors (Lipinski definition) is 2. The van der Waals surface area contributed by atoms with E-state index in [2.05, 4.69) is 10.6 Å². The van der Waals surface area contributed by atoms with E-state index >= 15 is 0 Å². The summed E-state index contributed by atoms with van der Waals surface area (Å²) in [7, 11) is 0. The molecule has 4 nitrogen and oxygen atoms in total. The summed E-state index contributed by atoms with van der Waals surface area (Å²) in [6.07, 6.45) is 0. The third-order valence-corrected chi connectivity index (χ3v) is 2.98. The Morgan fingerprint density at radius 3 is 2.57 bits per heavy atom. The Kier molecular flexibility index (Phi) is 4.75. The highest BCUT2D eigenvalue weighted by atomic mass is 35.5. The molecule has 0 heterocycles. The van der Waals surface area contributed by atoms with Gasteiger partial charge in [-0.15, -0.1) is 0 Å². The molecule has 0 aliphatic heterocycles. The summed E-state index contributed by atoms with van der Waals surface area (Å²) in [4.78, 5) is 11.7. The van der Waals surface area contributed by atoms with E-state index in [-0.39, 0.29) is 12.1 Å². The standard InChI is InChI=1S/C15H11ClFN3O/c16-12-3-5-13(6-4-12)20-15(21)19-9-11-2-1-10(8-18)7-14(11)17/h1-7H,9H2,(H2,19,20,21). The third-order valence-electron chi connectivity index (χ3n) is 2.72. The second-order valence-corrected chi connectivity index (χ2v) is 4.67. The molecule has 0 spiro atoms. The summed E-state index contributed by atoms with van der Waals surface area (Å²) in [5.41, 5.74) is 1.12. The van der Waals surface area contributed by atoms with Crippen LogP contribution >= 0.6 is 11.6 Å². The normalized spacial score (nSPS) is 9.76. The highest BCUT2D eigenvalue weighted by Gasteiger charge is 2.06. The van der Waals surface area contributed by atoms with E-state index in [0.29, 0.717) is 16.3 Å². The second-order valence-electron chi connectivity index (χ2n) is 4.23. The van der Waals surface area contributed by atoms with Crippen molar-refractivity contribution in [3.63, 3.8) is 0 Å². The second kappa shape index (κ2) is 6.73. The molecule has 6 heteroatoms. The van der Waals surface area contributed by atoms with E-state index in [9.17, 15) is 9.18 Å². The molecular formula is C15H11ClFN3O. The molecule has 2 aromatic rings. The predicted molar refractivity (Wildman–Crippen MR) is 78.4 cm³/mol. The number of nitrogens with zero attached hydrogens (tertiary/aromatic N) is 1. The van der Waals surface area contributed by atoms with Gasteiger partial charge in [0.15, 0.2) is 0 Å². The van der Waals surface area contributed by atoms with E-state index in [0.717, 1.165) is 6.07 Å². The molecule has 2 amide bonds. The highest BCUT2D eigenvalue weighted by Crippen LogP contribution is 2.13. The van der Waals surface area contributed by atoms with Gasteiger partial charge in [-0.25, -0.2) is 9.18 Å². The van der Waals surface area contributed by atoms with Crippen molar-refractivity contribution in [2.75, 3.05) is 5.32 Å². The van der Waals surface area contributed by atoms with Crippen molar-refractivity contribution >= 4 is 23.3 Å². The third kappa shape index (κ3) is 4.20. The molecule has 0 saturated heterocycles. The number of benzene rings is 2. The number of hydrogen-bond donors (Lipinski definition) is 2. The molecule has 0 aliphatic carbocycles. The summed E-state index contributed by atoms with van der Waals surface area (Å²) in [5, 5.41) is 14.4. The first-order valence-electron chi connectivity index (χ1n) is 6.07. The molecule has 0 saturated carbocycles. The van der Waals surface area contributed by atoms with Crippen LogP contribution in [0.4, 0.5) is 14.9 Å². The van der Waals surface area contributed by atoms with Crippen LogP contribution in [0.5, 0.6) is 0 Å². The first-order valence-corrected chi connectivity index (χ1v) is 6.45. The van der Waals surface area contributed by atoms with Crippen molar-refractivity contribution in [3.05, 3.63) is 64.4 Å². The number of anilines is 1. The average Bonchev–Trinajstić information content (AvgIpc) is 2.48. The van der Waals surface area contributed by atoms with Gasteiger partial charge in [0, 0.05) is 22.8 Å². The van der Waals surface area contributed by atoms with Crippen LogP contribution in [-0.4, -0.2) is 6.03 Å². The predicted octanol–water partition coefficient (Wildman–Crippen LogP) is 3.67. The Labute approximate surface area is 126 Å². The van der Waals surface area contributed by atoms with Crippen LogP contribution in [0.15, 0.2) is 42.5 Å². The van der Waals surface area contributed by atoms with Crippen molar-refractivity contribution in [2.24, 2.45) is 0 Å². The van der Waals surface area contributed by atoms with Gasteiger partial charge in [-0.3, -0.25) is 0 Å². The topological polar surface area (TPSA) is 64.9 Å². The monoisotopic (exact) mass is 303 g/mol. The molecule has 0 aromatic heterocycles. The number of halogens is 2. The zero-order chi connectivity index (χ0) is 15.2. The van der Waals surface area contributed by atoms with E-state index in [1.165, 1.54) is 12.1 Å². The highest BCUT2D eigenvalue weighted by molar-refractivity contribution is 6.30. The Morgan fingerprint density at radius 2 is 1.95 bits per heavy atom. The Bertz CT molecular complexity index is 695. The summed E-state index contributed by atoms with van der Waals surface area (Å²) in [6, 6.07) is 12.1.